The number of carbonyl (C=O) groups is 1. The lowest BCUT2D eigenvalue weighted by molar-refractivity contribution is -0.149. The van der Waals surface area contributed by atoms with Gasteiger partial charge in [-0.25, -0.2) is 12.8 Å². The SMILES string of the molecule is CCOC(=O)[C@@]1(CN)[C@H](c2ccc(F)cc2)[C@@H]1S(=O)(=O)CC. The van der Waals surface area contributed by atoms with Crippen LogP contribution in [0, 0.1) is 11.2 Å². The summed E-state index contributed by atoms with van der Waals surface area (Å²) < 4.78 is 42.9. The van der Waals surface area contributed by atoms with Crippen LogP contribution < -0.4 is 5.73 Å². The average molecular weight is 329 g/mol. The Bertz CT molecular complexity index is 659. The van der Waals surface area contributed by atoms with Gasteiger partial charge in [-0.15, -0.1) is 0 Å². The first kappa shape index (κ1) is 16.9. The number of benzene rings is 1. The molecule has 5 nitrogen and oxygen atoms in total. The van der Waals surface area contributed by atoms with Crippen molar-refractivity contribution in [3.05, 3.63) is 35.6 Å². The van der Waals surface area contributed by atoms with Gasteiger partial charge in [0.2, 0.25) is 0 Å². The quantitative estimate of drug-likeness (QED) is 0.793. The van der Waals surface area contributed by atoms with Gasteiger partial charge in [0.1, 0.15) is 11.2 Å². The molecule has 1 saturated carbocycles. The number of ether oxygens (including phenoxy) is 1. The third-order valence-electron chi connectivity index (χ3n) is 4.27. The molecule has 0 radical (unpaired) electrons. The van der Waals surface area contributed by atoms with E-state index >= 15 is 0 Å². The number of hydrogen-bond acceptors (Lipinski definition) is 5. The molecule has 0 aliphatic heterocycles. The highest BCUT2D eigenvalue weighted by Gasteiger charge is 2.74. The van der Waals surface area contributed by atoms with Gasteiger partial charge in [-0.1, -0.05) is 19.1 Å². The molecule has 2 N–H and O–H groups in total. The molecule has 1 aliphatic rings. The van der Waals surface area contributed by atoms with E-state index in [0.29, 0.717) is 5.56 Å². The number of hydrogen-bond donors (Lipinski definition) is 1. The fourth-order valence-corrected chi connectivity index (χ4v) is 5.16. The van der Waals surface area contributed by atoms with E-state index < -0.39 is 38.2 Å². The van der Waals surface area contributed by atoms with Crippen molar-refractivity contribution in [2.45, 2.75) is 25.0 Å². The van der Waals surface area contributed by atoms with Crippen molar-refractivity contribution in [1.82, 2.24) is 0 Å². The zero-order valence-corrected chi connectivity index (χ0v) is 13.4. The van der Waals surface area contributed by atoms with Gasteiger partial charge in [0.25, 0.3) is 0 Å². The molecule has 0 saturated heterocycles. The van der Waals surface area contributed by atoms with Crippen LogP contribution in [0.5, 0.6) is 0 Å². The summed E-state index contributed by atoms with van der Waals surface area (Å²) in [6, 6.07) is 5.48. The van der Waals surface area contributed by atoms with Crippen molar-refractivity contribution in [1.29, 1.82) is 0 Å². The van der Waals surface area contributed by atoms with Crippen LogP contribution in [0.3, 0.4) is 0 Å². The van der Waals surface area contributed by atoms with E-state index in [9.17, 15) is 17.6 Å². The van der Waals surface area contributed by atoms with E-state index in [1.54, 1.807) is 6.92 Å². The van der Waals surface area contributed by atoms with Gasteiger partial charge in [0.05, 0.1) is 11.9 Å². The maximum absolute atomic E-state index is 13.1. The molecule has 1 aromatic rings. The normalized spacial score (nSPS) is 27.5. The molecular formula is C15H20FNO4S. The highest BCUT2D eigenvalue weighted by atomic mass is 32.2. The summed E-state index contributed by atoms with van der Waals surface area (Å²) in [6.07, 6.45) is 0. The van der Waals surface area contributed by atoms with Gasteiger partial charge in [0.15, 0.2) is 9.84 Å². The molecule has 0 heterocycles. The lowest BCUT2D eigenvalue weighted by Crippen LogP contribution is -2.34. The molecule has 1 fully saturated rings. The number of carbonyl (C=O) groups excluding carboxylic acids is 1. The molecule has 0 spiro atoms. The third-order valence-corrected chi connectivity index (χ3v) is 6.54. The van der Waals surface area contributed by atoms with E-state index in [2.05, 4.69) is 0 Å². The van der Waals surface area contributed by atoms with Gasteiger partial charge >= 0.3 is 5.97 Å². The van der Waals surface area contributed by atoms with Gasteiger partial charge in [-0.2, -0.15) is 0 Å². The number of halogens is 1. The Balaban J connectivity index is 2.49. The molecule has 22 heavy (non-hydrogen) atoms. The molecular weight excluding hydrogens is 309 g/mol. The summed E-state index contributed by atoms with van der Waals surface area (Å²) in [4.78, 5) is 12.3. The van der Waals surface area contributed by atoms with E-state index in [1.165, 1.54) is 31.2 Å². The first-order valence-electron chi connectivity index (χ1n) is 7.19. The van der Waals surface area contributed by atoms with Crippen LogP contribution in [0.1, 0.15) is 25.3 Å². The summed E-state index contributed by atoms with van der Waals surface area (Å²) >= 11 is 0. The molecule has 0 bridgehead atoms. The molecule has 0 amide bonds. The van der Waals surface area contributed by atoms with Crippen LogP contribution >= 0.6 is 0 Å². The second-order valence-electron chi connectivity index (χ2n) is 5.37. The molecule has 2 rings (SSSR count). The van der Waals surface area contributed by atoms with Crippen molar-refractivity contribution in [2.24, 2.45) is 11.1 Å². The standard InChI is InChI=1S/C15H20FNO4S/c1-3-21-14(18)15(9-17)12(13(15)22(19,20)4-2)10-5-7-11(16)8-6-10/h5-8,12-13H,3-4,9,17H2,1-2H3/t12-,13+,15+/m1/s1. The summed E-state index contributed by atoms with van der Waals surface area (Å²) in [5, 5.41) is -0.917. The Morgan fingerprint density at radius 3 is 2.36 bits per heavy atom. The van der Waals surface area contributed by atoms with Gasteiger partial charge < -0.3 is 10.5 Å². The highest BCUT2D eigenvalue weighted by Crippen LogP contribution is 2.63. The molecule has 122 valence electrons. The zero-order valence-electron chi connectivity index (χ0n) is 12.6. The molecule has 1 aliphatic carbocycles. The summed E-state index contributed by atoms with van der Waals surface area (Å²) in [5.41, 5.74) is 5.07. The van der Waals surface area contributed by atoms with Crippen molar-refractivity contribution >= 4 is 15.8 Å². The van der Waals surface area contributed by atoms with Crippen molar-refractivity contribution < 1.29 is 22.3 Å². The van der Waals surface area contributed by atoms with Crippen molar-refractivity contribution in [2.75, 3.05) is 18.9 Å². The van der Waals surface area contributed by atoms with Crippen LogP contribution in [0.15, 0.2) is 24.3 Å². The lowest BCUT2D eigenvalue weighted by Gasteiger charge is -2.14. The van der Waals surface area contributed by atoms with Crippen LogP contribution in [-0.2, 0) is 19.4 Å². The van der Waals surface area contributed by atoms with Gasteiger partial charge in [-0.05, 0) is 24.6 Å². The Hall–Kier alpha value is -1.47. The highest BCUT2D eigenvalue weighted by molar-refractivity contribution is 7.92. The number of sulfone groups is 1. The summed E-state index contributed by atoms with van der Waals surface area (Å²) in [6.45, 7) is 3.20. The van der Waals surface area contributed by atoms with Crippen molar-refractivity contribution in [3.63, 3.8) is 0 Å². The van der Waals surface area contributed by atoms with E-state index in [0.717, 1.165) is 0 Å². The van der Waals surface area contributed by atoms with Gasteiger partial charge in [0, 0.05) is 18.2 Å². The molecule has 1 aromatic carbocycles. The number of esters is 1. The molecule has 0 unspecified atom stereocenters. The largest absolute Gasteiger partial charge is 0.465 e. The smallest absolute Gasteiger partial charge is 0.315 e. The fraction of sp³-hybridized carbons (Fsp3) is 0.533. The topological polar surface area (TPSA) is 86.5 Å². The van der Waals surface area contributed by atoms with Gasteiger partial charge in [-0.3, -0.25) is 4.79 Å². The third kappa shape index (κ3) is 2.52. The fourth-order valence-electron chi connectivity index (χ4n) is 3.09. The zero-order chi connectivity index (χ0) is 16.5. The maximum atomic E-state index is 13.1. The summed E-state index contributed by atoms with van der Waals surface area (Å²) in [5.74, 6) is -1.71. The summed E-state index contributed by atoms with van der Waals surface area (Å²) in [7, 11) is -3.49. The van der Waals surface area contributed by atoms with Crippen LogP contribution in [0.2, 0.25) is 0 Å². The first-order valence-corrected chi connectivity index (χ1v) is 8.91. The minimum absolute atomic E-state index is 0.0868. The predicted molar refractivity (Wildman–Crippen MR) is 80.5 cm³/mol. The number of nitrogens with two attached hydrogens (primary N) is 1. The predicted octanol–water partition coefficient (Wildman–Crippen LogP) is 1.23. The van der Waals surface area contributed by atoms with Crippen LogP contribution in [0.25, 0.3) is 0 Å². The van der Waals surface area contributed by atoms with E-state index in [1.807, 2.05) is 0 Å². The monoisotopic (exact) mass is 329 g/mol. The number of rotatable bonds is 6. The molecule has 0 aromatic heterocycles. The second-order valence-corrected chi connectivity index (χ2v) is 7.78. The van der Waals surface area contributed by atoms with Crippen LogP contribution in [0.4, 0.5) is 4.39 Å². The molecule has 7 heteroatoms. The van der Waals surface area contributed by atoms with Crippen molar-refractivity contribution in [3.8, 4) is 0 Å². The first-order chi connectivity index (χ1) is 10.3. The molecule has 3 atom stereocenters. The lowest BCUT2D eigenvalue weighted by atomic mass is 9.99. The Morgan fingerprint density at radius 1 is 1.32 bits per heavy atom. The second kappa shape index (κ2) is 5.96. The minimum atomic E-state index is -3.49. The van der Waals surface area contributed by atoms with E-state index in [4.69, 9.17) is 10.5 Å². The Morgan fingerprint density at radius 2 is 1.91 bits per heavy atom. The maximum Gasteiger partial charge on any atom is 0.315 e. The Labute approximate surface area is 129 Å². The van der Waals surface area contributed by atoms with Crippen LogP contribution in [-0.4, -0.2) is 38.5 Å². The average Bonchev–Trinajstić information content (AvgIpc) is 3.20. The Kier molecular flexibility index (Phi) is 4.58. The minimum Gasteiger partial charge on any atom is -0.465 e. The van der Waals surface area contributed by atoms with E-state index in [-0.39, 0.29) is 18.9 Å².